The molecule has 25 heavy (non-hydrogen) atoms. The fourth-order valence-corrected chi connectivity index (χ4v) is 2.93. The smallest absolute Gasteiger partial charge is 0.269 e. The predicted octanol–water partition coefficient (Wildman–Crippen LogP) is 3.10. The van der Waals surface area contributed by atoms with Gasteiger partial charge in [0.25, 0.3) is 5.69 Å². The molecule has 1 unspecified atom stereocenters. The van der Waals surface area contributed by atoms with Crippen LogP contribution in [0.3, 0.4) is 0 Å². The van der Waals surface area contributed by atoms with Gasteiger partial charge < -0.3 is 4.90 Å². The van der Waals surface area contributed by atoms with Crippen LogP contribution in [0.1, 0.15) is 41.9 Å². The molecule has 0 fully saturated rings. The second-order valence-electron chi connectivity index (χ2n) is 6.31. The summed E-state index contributed by atoms with van der Waals surface area (Å²) in [5, 5.41) is 15.3. The van der Waals surface area contributed by atoms with E-state index in [1.54, 1.807) is 24.1 Å². The molecule has 0 saturated heterocycles. The zero-order valence-corrected chi connectivity index (χ0v) is 15.3. The summed E-state index contributed by atoms with van der Waals surface area (Å²) in [5.41, 5.74) is 3.90. The average Bonchev–Trinajstić information content (AvgIpc) is 2.83. The lowest BCUT2D eigenvalue weighted by atomic mass is 10.0. The molecule has 0 aliphatic carbocycles. The van der Waals surface area contributed by atoms with E-state index in [-0.39, 0.29) is 17.6 Å². The molecule has 1 heterocycles. The lowest BCUT2D eigenvalue weighted by molar-refractivity contribution is -0.384. The highest BCUT2D eigenvalue weighted by molar-refractivity contribution is 5.76. The van der Waals surface area contributed by atoms with Crippen molar-refractivity contribution in [2.24, 2.45) is 7.05 Å². The minimum Gasteiger partial charge on any atom is -0.339 e. The number of non-ortho nitro benzene ring substituents is 1. The average molecular weight is 344 g/mol. The van der Waals surface area contributed by atoms with Gasteiger partial charge in [-0.25, -0.2) is 0 Å². The van der Waals surface area contributed by atoms with Gasteiger partial charge in [-0.3, -0.25) is 19.6 Å². The van der Waals surface area contributed by atoms with E-state index in [9.17, 15) is 14.9 Å². The highest BCUT2D eigenvalue weighted by Gasteiger charge is 2.20. The van der Waals surface area contributed by atoms with Gasteiger partial charge in [0.2, 0.25) is 5.91 Å². The van der Waals surface area contributed by atoms with Crippen molar-refractivity contribution in [3.8, 4) is 0 Å². The number of rotatable bonds is 6. The van der Waals surface area contributed by atoms with Crippen LogP contribution in [0.5, 0.6) is 0 Å². The first kappa shape index (κ1) is 18.6. The lowest BCUT2D eigenvalue weighted by Crippen LogP contribution is -2.29. The molecule has 1 atom stereocenters. The number of aromatic nitrogens is 2. The number of nitro groups is 1. The van der Waals surface area contributed by atoms with Crippen molar-refractivity contribution >= 4 is 11.6 Å². The lowest BCUT2D eigenvalue weighted by Gasteiger charge is -2.25. The van der Waals surface area contributed by atoms with Crippen LogP contribution in [0.25, 0.3) is 0 Å². The fraction of sp³-hybridized carbons (Fsp3) is 0.444. The van der Waals surface area contributed by atoms with E-state index in [0.717, 1.165) is 22.5 Å². The Morgan fingerprint density at radius 2 is 2.08 bits per heavy atom. The summed E-state index contributed by atoms with van der Waals surface area (Å²) in [5.74, 6) is 0.00154. The van der Waals surface area contributed by atoms with Gasteiger partial charge >= 0.3 is 0 Å². The maximum Gasteiger partial charge on any atom is 0.269 e. The van der Waals surface area contributed by atoms with E-state index in [1.165, 1.54) is 12.1 Å². The van der Waals surface area contributed by atoms with Gasteiger partial charge in [0.05, 0.1) is 16.7 Å². The van der Waals surface area contributed by atoms with Crippen molar-refractivity contribution < 1.29 is 9.72 Å². The quantitative estimate of drug-likeness (QED) is 0.595. The van der Waals surface area contributed by atoms with Crippen molar-refractivity contribution in [1.29, 1.82) is 0 Å². The van der Waals surface area contributed by atoms with Crippen LogP contribution in [0, 0.1) is 24.0 Å². The maximum absolute atomic E-state index is 12.5. The Hall–Kier alpha value is -2.70. The summed E-state index contributed by atoms with van der Waals surface area (Å²) in [7, 11) is 3.62. The summed E-state index contributed by atoms with van der Waals surface area (Å²) >= 11 is 0. The third-order valence-electron chi connectivity index (χ3n) is 4.79. The number of hydrogen-bond acceptors (Lipinski definition) is 4. The summed E-state index contributed by atoms with van der Waals surface area (Å²) < 4.78 is 1.82. The van der Waals surface area contributed by atoms with E-state index in [0.29, 0.717) is 12.8 Å². The monoisotopic (exact) mass is 344 g/mol. The molecule has 0 aliphatic heterocycles. The van der Waals surface area contributed by atoms with Crippen LogP contribution >= 0.6 is 0 Å². The molecule has 1 amide bonds. The summed E-state index contributed by atoms with van der Waals surface area (Å²) in [6.45, 7) is 5.81. The molecule has 0 spiro atoms. The van der Waals surface area contributed by atoms with Crippen LogP contribution in [-0.4, -0.2) is 32.6 Å². The fourth-order valence-electron chi connectivity index (χ4n) is 2.93. The molecule has 0 saturated carbocycles. The Morgan fingerprint density at radius 3 is 2.64 bits per heavy atom. The number of amides is 1. The summed E-state index contributed by atoms with van der Waals surface area (Å²) in [6, 6.07) is 6.18. The molecule has 2 aromatic rings. The molecule has 2 rings (SSSR count). The minimum atomic E-state index is -0.425. The third-order valence-corrected chi connectivity index (χ3v) is 4.79. The molecule has 1 aromatic heterocycles. The topological polar surface area (TPSA) is 81.3 Å². The number of benzene rings is 1. The van der Waals surface area contributed by atoms with Crippen LogP contribution in [0.4, 0.5) is 5.69 Å². The second kappa shape index (κ2) is 7.46. The molecular formula is C18H24N4O3. The zero-order valence-electron chi connectivity index (χ0n) is 15.3. The van der Waals surface area contributed by atoms with Gasteiger partial charge in [-0.15, -0.1) is 0 Å². The highest BCUT2D eigenvalue weighted by atomic mass is 16.6. The van der Waals surface area contributed by atoms with Gasteiger partial charge in [-0.05, 0) is 38.3 Å². The van der Waals surface area contributed by atoms with E-state index < -0.39 is 4.92 Å². The number of nitrogens with zero attached hydrogens (tertiary/aromatic N) is 4. The molecular weight excluding hydrogens is 320 g/mol. The Balaban J connectivity index is 2.06. The van der Waals surface area contributed by atoms with E-state index >= 15 is 0 Å². The van der Waals surface area contributed by atoms with E-state index in [2.05, 4.69) is 5.10 Å². The zero-order chi connectivity index (χ0) is 18.7. The Labute approximate surface area is 147 Å². The molecule has 134 valence electrons. The van der Waals surface area contributed by atoms with Gasteiger partial charge in [-0.2, -0.15) is 5.10 Å². The molecule has 1 aromatic carbocycles. The van der Waals surface area contributed by atoms with Crippen LogP contribution in [0.15, 0.2) is 24.3 Å². The molecule has 0 radical (unpaired) electrons. The maximum atomic E-state index is 12.5. The number of carbonyl (C=O) groups is 1. The van der Waals surface area contributed by atoms with E-state index in [4.69, 9.17) is 0 Å². The standard InChI is InChI=1S/C18H24N4O3/c1-12-17(14(3)21(5)19-12)9-10-18(23)20(4)13(2)15-7-6-8-16(11-15)22(24)25/h6-8,11,13H,9-10H2,1-5H3. The van der Waals surface area contributed by atoms with Crippen molar-refractivity contribution in [3.05, 3.63) is 56.9 Å². The Morgan fingerprint density at radius 1 is 1.40 bits per heavy atom. The normalized spacial score (nSPS) is 12.0. The Kier molecular flexibility index (Phi) is 5.56. The SMILES string of the molecule is Cc1nn(C)c(C)c1CCC(=O)N(C)C(C)c1cccc([N+](=O)[O-])c1. The molecule has 7 heteroatoms. The first-order valence-electron chi connectivity index (χ1n) is 8.21. The van der Waals surface area contributed by atoms with Crippen LogP contribution < -0.4 is 0 Å². The van der Waals surface area contributed by atoms with Crippen molar-refractivity contribution in [1.82, 2.24) is 14.7 Å². The van der Waals surface area contributed by atoms with E-state index in [1.807, 2.05) is 32.5 Å². The number of aryl methyl sites for hydroxylation is 2. The summed E-state index contributed by atoms with van der Waals surface area (Å²) in [6.07, 6.45) is 1.01. The third kappa shape index (κ3) is 4.04. The van der Waals surface area contributed by atoms with Crippen LogP contribution in [0.2, 0.25) is 0 Å². The van der Waals surface area contributed by atoms with Crippen molar-refractivity contribution in [2.45, 2.75) is 39.7 Å². The second-order valence-corrected chi connectivity index (χ2v) is 6.31. The van der Waals surface area contributed by atoms with Gasteiger partial charge in [0.15, 0.2) is 0 Å². The molecule has 0 aliphatic rings. The van der Waals surface area contributed by atoms with Gasteiger partial charge in [0, 0.05) is 38.3 Å². The Bertz CT molecular complexity index is 798. The van der Waals surface area contributed by atoms with Crippen LogP contribution in [-0.2, 0) is 18.3 Å². The molecule has 0 N–H and O–H groups in total. The molecule has 7 nitrogen and oxygen atoms in total. The largest absolute Gasteiger partial charge is 0.339 e. The number of hydrogen-bond donors (Lipinski definition) is 0. The molecule has 0 bridgehead atoms. The number of nitro benzene ring substituents is 1. The predicted molar refractivity (Wildman–Crippen MR) is 95.3 cm³/mol. The van der Waals surface area contributed by atoms with Gasteiger partial charge in [0.1, 0.15) is 0 Å². The van der Waals surface area contributed by atoms with Crippen molar-refractivity contribution in [2.75, 3.05) is 7.05 Å². The first-order chi connectivity index (χ1) is 11.7. The minimum absolute atomic E-state index is 0.00154. The highest BCUT2D eigenvalue weighted by Crippen LogP contribution is 2.24. The van der Waals surface area contributed by atoms with Gasteiger partial charge in [-0.1, -0.05) is 12.1 Å². The summed E-state index contributed by atoms with van der Waals surface area (Å²) in [4.78, 5) is 24.7. The van der Waals surface area contributed by atoms with Crippen molar-refractivity contribution in [3.63, 3.8) is 0 Å². The first-order valence-corrected chi connectivity index (χ1v) is 8.21. The number of carbonyl (C=O) groups excluding carboxylic acids is 1.